The van der Waals surface area contributed by atoms with E-state index in [0.29, 0.717) is 22.5 Å². The first-order valence-corrected chi connectivity index (χ1v) is 15.1. The standard InChI is InChI=1S/C34H39N7O6/c1-4-46-33(44)26-14-25(15-27(35)16-26)28-18-38-31(39-21(2)3)32(43)41(28)19-29(42)37-17-22-10-12-24(13-11-22)30(36)40-34(45)47-20-23-8-6-5-7-9-23/h5-16,18,21,29,37,42H,4,17,19-20,35H2,1-3H3,(H,38,39)(H2,36,40,45). The molecule has 0 aliphatic rings. The quantitative estimate of drug-likeness (QED) is 0.0411. The Hall–Kier alpha value is -5.53. The SMILES string of the molecule is CCOC(=O)c1cc(N)cc(-c2cnc(NC(C)C)c(=O)n2CC(O)NCc2ccc(C(=N)NC(=O)OCc3ccccc3)cc2)c1. The molecule has 0 fully saturated rings. The fraction of sp³-hybridized carbons (Fsp3) is 0.265. The van der Waals surface area contributed by atoms with Crippen LogP contribution < -0.4 is 27.2 Å². The maximum absolute atomic E-state index is 13.5. The second-order valence-corrected chi connectivity index (χ2v) is 10.9. The highest BCUT2D eigenvalue weighted by Gasteiger charge is 2.18. The van der Waals surface area contributed by atoms with Gasteiger partial charge in [-0.15, -0.1) is 0 Å². The van der Waals surface area contributed by atoms with Crippen LogP contribution in [-0.4, -0.2) is 51.4 Å². The second-order valence-electron chi connectivity index (χ2n) is 10.9. The van der Waals surface area contributed by atoms with Crippen LogP contribution in [0.1, 0.15) is 47.8 Å². The fourth-order valence-corrected chi connectivity index (χ4v) is 4.60. The van der Waals surface area contributed by atoms with Crippen LogP contribution in [0.15, 0.2) is 83.8 Å². The second kappa shape index (κ2) is 16.2. The largest absolute Gasteiger partial charge is 0.462 e. The number of amides is 1. The van der Waals surface area contributed by atoms with Crippen molar-refractivity contribution in [1.29, 1.82) is 5.41 Å². The van der Waals surface area contributed by atoms with E-state index in [0.717, 1.165) is 11.1 Å². The van der Waals surface area contributed by atoms with Crippen molar-refractivity contribution in [1.82, 2.24) is 20.2 Å². The molecule has 1 heterocycles. The number of aromatic nitrogens is 2. The molecular formula is C34H39N7O6. The lowest BCUT2D eigenvalue weighted by atomic mass is 10.1. The van der Waals surface area contributed by atoms with E-state index >= 15 is 0 Å². The first-order valence-electron chi connectivity index (χ1n) is 15.1. The van der Waals surface area contributed by atoms with Gasteiger partial charge in [0.25, 0.3) is 5.56 Å². The van der Waals surface area contributed by atoms with Crippen LogP contribution in [0.25, 0.3) is 11.3 Å². The number of carbonyl (C=O) groups excluding carboxylic acids is 2. The summed E-state index contributed by atoms with van der Waals surface area (Å²) in [6.07, 6.45) is -0.410. The molecule has 1 atom stereocenters. The number of carbonyl (C=O) groups is 2. The third-order valence-electron chi connectivity index (χ3n) is 6.82. The predicted octanol–water partition coefficient (Wildman–Crippen LogP) is 3.85. The van der Waals surface area contributed by atoms with Gasteiger partial charge in [-0.2, -0.15) is 0 Å². The molecule has 1 unspecified atom stereocenters. The topological polar surface area (TPSA) is 194 Å². The van der Waals surface area contributed by atoms with Crippen molar-refractivity contribution in [2.75, 3.05) is 17.7 Å². The summed E-state index contributed by atoms with van der Waals surface area (Å²) in [5.74, 6) is -0.561. The van der Waals surface area contributed by atoms with Crippen LogP contribution in [0.2, 0.25) is 0 Å². The minimum Gasteiger partial charge on any atom is -0.462 e. The van der Waals surface area contributed by atoms with E-state index in [2.05, 4.69) is 20.9 Å². The highest BCUT2D eigenvalue weighted by atomic mass is 16.5. The third-order valence-corrected chi connectivity index (χ3v) is 6.82. The van der Waals surface area contributed by atoms with Crippen molar-refractivity contribution in [3.8, 4) is 11.3 Å². The van der Waals surface area contributed by atoms with E-state index in [1.165, 1.54) is 16.8 Å². The van der Waals surface area contributed by atoms with Crippen molar-refractivity contribution in [3.63, 3.8) is 0 Å². The van der Waals surface area contributed by atoms with Crippen LogP contribution in [-0.2, 0) is 29.2 Å². The number of nitrogens with one attached hydrogen (secondary N) is 4. The molecule has 0 bridgehead atoms. The maximum atomic E-state index is 13.5. The summed E-state index contributed by atoms with van der Waals surface area (Å²) in [6.45, 7) is 5.81. The molecule has 3 aromatic carbocycles. The summed E-state index contributed by atoms with van der Waals surface area (Å²) in [7, 11) is 0. The number of aliphatic hydroxyl groups excluding tert-OH is 1. The number of ether oxygens (including phenoxy) is 2. The molecule has 47 heavy (non-hydrogen) atoms. The summed E-state index contributed by atoms with van der Waals surface area (Å²) in [6, 6.07) is 20.6. The Morgan fingerprint density at radius 3 is 2.40 bits per heavy atom. The van der Waals surface area contributed by atoms with Gasteiger partial charge in [-0.3, -0.25) is 25.4 Å². The molecule has 1 amide bonds. The van der Waals surface area contributed by atoms with E-state index in [1.807, 2.05) is 44.2 Å². The Labute approximate surface area is 272 Å². The predicted molar refractivity (Wildman–Crippen MR) is 179 cm³/mol. The molecule has 4 aromatic rings. The van der Waals surface area contributed by atoms with Crippen molar-refractivity contribution in [2.45, 2.75) is 52.7 Å². The number of esters is 1. The Morgan fingerprint density at radius 1 is 1.00 bits per heavy atom. The van der Waals surface area contributed by atoms with Crippen molar-refractivity contribution >= 4 is 29.4 Å². The van der Waals surface area contributed by atoms with Crippen LogP contribution in [0.3, 0.4) is 0 Å². The molecule has 0 saturated heterocycles. The van der Waals surface area contributed by atoms with Gasteiger partial charge in [0, 0.05) is 29.4 Å². The molecule has 4 rings (SSSR count). The lowest BCUT2D eigenvalue weighted by Gasteiger charge is -2.20. The molecule has 0 radical (unpaired) electrons. The summed E-state index contributed by atoms with van der Waals surface area (Å²) in [5.41, 5.74) is 9.03. The zero-order valence-corrected chi connectivity index (χ0v) is 26.4. The molecule has 0 aliphatic carbocycles. The number of benzene rings is 3. The van der Waals surface area contributed by atoms with Gasteiger partial charge in [0.15, 0.2) is 5.82 Å². The molecule has 1 aromatic heterocycles. The number of nitrogen functional groups attached to an aromatic ring is 1. The minimum atomic E-state index is -1.16. The van der Waals surface area contributed by atoms with Gasteiger partial charge in [0.1, 0.15) is 18.7 Å². The van der Waals surface area contributed by atoms with E-state index in [4.69, 9.17) is 20.6 Å². The fourth-order valence-electron chi connectivity index (χ4n) is 4.60. The number of aliphatic hydroxyl groups is 1. The smallest absolute Gasteiger partial charge is 0.413 e. The van der Waals surface area contributed by atoms with Crippen LogP contribution in [0, 0.1) is 5.41 Å². The van der Waals surface area contributed by atoms with Gasteiger partial charge in [-0.05, 0) is 50.1 Å². The normalized spacial score (nSPS) is 11.5. The molecule has 0 spiro atoms. The van der Waals surface area contributed by atoms with Crippen LogP contribution in [0.4, 0.5) is 16.3 Å². The number of alkyl carbamates (subject to hydrolysis) is 1. The number of hydrogen-bond donors (Lipinski definition) is 6. The number of anilines is 2. The zero-order valence-electron chi connectivity index (χ0n) is 26.4. The summed E-state index contributed by atoms with van der Waals surface area (Å²) in [4.78, 5) is 42.4. The summed E-state index contributed by atoms with van der Waals surface area (Å²) >= 11 is 0. The molecule has 13 heteroatoms. The highest BCUT2D eigenvalue weighted by molar-refractivity contribution is 6.04. The van der Waals surface area contributed by atoms with Crippen molar-refractivity contribution in [3.05, 3.63) is 112 Å². The lowest BCUT2D eigenvalue weighted by molar-refractivity contribution is 0.0526. The van der Waals surface area contributed by atoms with Gasteiger partial charge in [-0.25, -0.2) is 14.6 Å². The van der Waals surface area contributed by atoms with Crippen molar-refractivity contribution in [2.24, 2.45) is 0 Å². The van der Waals surface area contributed by atoms with Crippen LogP contribution >= 0.6 is 0 Å². The number of rotatable bonds is 13. The monoisotopic (exact) mass is 641 g/mol. The summed E-state index contributed by atoms with van der Waals surface area (Å²) < 4.78 is 11.7. The Bertz CT molecular complexity index is 1760. The zero-order chi connectivity index (χ0) is 33.9. The van der Waals surface area contributed by atoms with Crippen LogP contribution in [0.5, 0.6) is 0 Å². The number of hydrogen-bond acceptors (Lipinski definition) is 11. The average molecular weight is 642 g/mol. The number of nitrogens with zero attached hydrogens (tertiary/aromatic N) is 2. The van der Waals surface area contributed by atoms with Gasteiger partial charge >= 0.3 is 12.1 Å². The average Bonchev–Trinajstić information content (AvgIpc) is 3.05. The number of nitrogens with two attached hydrogens (primary N) is 1. The Balaban J connectivity index is 1.43. The van der Waals surface area contributed by atoms with Crippen molar-refractivity contribution < 1.29 is 24.2 Å². The minimum absolute atomic E-state index is 0.0695. The van der Waals surface area contributed by atoms with Gasteiger partial charge in [0.05, 0.1) is 30.6 Å². The maximum Gasteiger partial charge on any atom is 0.413 e. The Morgan fingerprint density at radius 2 is 1.72 bits per heavy atom. The molecule has 0 aliphatic heterocycles. The van der Waals surface area contributed by atoms with Gasteiger partial charge in [-0.1, -0.05) is 54.6 Å². The number of amidine groups is 1. The molecule has 7 N–H and O–H groups in total. The van der Waals surface area contributed by atoms with E-state index in [9.17, 15) is 19.5 Å². The highest BCUT2D eigenvalue weighted by Crippen LogP contribution is 2.24. The molecule has 13 nitrogen and oxygen atoms in total. The van der Waals surface area contributed by atoms with E-state index in [1.54, 1.807) is 43.3 Å². The molecular weight excluding hydrogens is 602 g/mol. The van der Waals surface area contributed by atoms with E-state index < -0.39 is 23.8 Å². The summed E-state index contributed by atoms with van der Waals surface area (Å²) in [5, 5.41) is 27.6. The third kappa shape index (κ3) is 9.73. The van der Waals surface area contributed by atoms with E-state index in [-0.39, 0.29) is 49.6 Å². The molecule has 246 valence electrons. The van der Waals surface area contributed by atoms with Gasteiger partial charge < -0.3 is 25.6 Å². The Kier molecular flexibility index (Phi) is 11.8. The first kappa shape index (κ1) is 34.3. The lowest BCUT2D eigenvalue weighted by Crippen LogP contribution is -2.38. The first-order chi connectivity index (χ1) is 22.5. The van der Waals surface area contributed by atoms with Gasteiger partial charge in [0.2, 0.25) is 0 Å². The molecule has 0 saturated carbocycles.